The summed E-state index contributed by atoms with van der Waals surface area (Å²) in [7, 11) is 0. The van der Waals surface area contributed by atoms with Crippen molar-refractivity contribution in [2.24, 2.45) is 5.92 Å². The van der Waals surface area contributed by atoms with Gasteiger partial charge >= 0.3 is 0 Å². The van der Waals surface area contributed by atoms with Crippen LogP contribution < -0.4 is 10.9 Å². The maximum atomic E-state index is 11.4. The lowest BCUT2D eigenvalue weighted by Crippen LogP contribution is -2.17. The number of aromatic amines is 1. The minimum Gasteiger partial charge on any atom is -0.379 e. The normalized spacial score (nSPS) is 11.2. The Morgan fingerprint density at radius 2 is 2.11 bits per heavy atom. The molecule has 0 saturated heterocycles. The summed E-state index contributed by atoms with van der Waals surface area (Å²) >= 11 is 0. The molecule has 0 spiro atoms. The highest BCUT2D eigenvalue weighted by molar-refractivity contribution is 5.33. The smallest absolute Gasteiger partial charge is 0.252 e. The lowest BCUT2D eigenvalue weighted by Gasteiger charge is -2.10. The molecule has 1 heterocycles. The summed E-state index contributed by atoms with van der Waals surface area (Å²) < 4.78 is 5.45. The summed E-state index contributed by atoms with van der Waals surface area (Å²) in [4.78, 5) is 18.5. The van der Waals surface area contributed by atoms with Gasteiger partial charge in [0.05, 0.1) is 6.61 Å². The van der Waals surface area contributed by atoms with Crippen LogP contribution in [0.15, 0.2) is 10.9 Å². The van der Waals surface area contributed by atoms with Gasteiger partial charge in [-0.2, -0.15) is 0 Å². The van der Waals surface area contributed by atoms with E-state index >= 15 is 0 Å². The Kier molecular flexibility index (Phi) is 5.85. The van der Waals surface area contributed by atoms with E-state index in [9.17, 15) is 4.79 Å². The molecule has 0 aliphatic carbocycles. The van der Waals surface area contributed by atoms with Crippen molar-refractivity contribution in [2.75, 3.05) is 25.1 Å². The van der Waals surface area contributed by atoms with E-state index in [1.807, 2.05) is 13.8 Å². The van der Waals surface area contributed by atoms with Gasteiger partial charge in [-0.3, -0.25) is 4.79 Å². The molecule has 18 heavy (non-hydrogen) atoms. The summed E-state index contributed by atoms with van der Waals surface area (Å²) in [5.41, 5.74) is -0.126. The molecule has 0 aliphatic heterocycles. The van der Waals surface area contributed by atoms with Gasteiger partial charge in [0, 0.05) is 25.1 Å². The summed E-state index contributed by atoms with van der Waals surface area (Å²) in [6, 6.07) is 1.47. The third-order valence-electron chi connectivity index (χ3n) is 2.31. The number of aromatic nitrogens is 2. The molecule has 1 aromatic rings. The Hall–Kier alpha value is -1.36. The largest absolute Gasteiger partial charge is 0.379 e. The lowest BCUT2D eigenvalue weighted by molar-refractivity contribution is 0.118. The van der Waals surface area contributed by atoms with Crippen molar-refractivity contribution in [3.8, 4) is 0 Å². The number of ether oxygens (including phenoxy) is 1. The second-order valence-electron chi connectivity index (χ2n) is 5.07. The van der Waals surface area contributed by atoms with Crippen LogP contribution in [0.4, 0.5) is 5.82 Å². The van der Waals surface area contributed by atoms with E-state index in [1.54, 1.807) is 0 Å². The molecule has 102 valence electrons. The number of nitrogens with one attached hydrogen (secondary N) is 2. The van der Waals surface area contributed by atoms with Crippen LogP contribution in [0.2, 0.25) is 0 Å². The zero-order valence-electron chi connectivity index (χ0n) is 11.6. The highest BCUT2D eigenvalue weighted by Crippen LogP contribution is 2.08. The van der Waals surface area contributed by atoms with E-state index in [-0.39, 0.29) is 11.5 Å². The molecule has 1 rings (SSSR count). The Morgan fingerprint density at radius 3 is 2.72 bits per heavy atom. The minimum atomic E-state index is -0.126. The number of rotatable bonds is 7. The fraction of sp³-hybridized carbons (Fsp3) is 0.692. The van der Waals surface area contributed by atoms with E-state index in [0.29, 0.717) is 30.7 Å². The second-order valence-corrected chi connectivity index (χ2v) is 5.07. The van der Waals surface area contributed by atoms with Crippen LogP contribution in [0, 0.1) is 5.92 Å². The molecule has 0 bridgehead atoms. The summed E-state index contributed by atoms with van der Waals surface area (Å²) in [5, 5.41) is 3.10. The topological polar surface area (TPSA) is 67.0 Å². The average Bonchev–Trinajstić information content (AvgIpc) is 2.27. The number of H-pyrrole nitrogens is 1. The molecule has 0 radical (unpaired) electrons. The molecule has 0 unspecified atom stereocenters. The summed E-state index contributed by atoms with van der Waals surface area (Å²) in [6.45, 7) is 10.2. The first-order valence-corrected chi connectivity index (χ1v) is 6.42. The van der Waals surface area contributed by atoms with Crippen molar-refractivity contribution in [2.45, 2.75) is 33.6 Å². The van der Waals surface area contributed by atoms with E-state index in [4.69, 9.17) is 4.74 Å². The molecule has 5 heteroatoms. The van der Waals surface area contributed by atoms with Gasteiger partial charge in [-0.05, 0) is 5.92 Å². The van der Waals surface area contributed by atoms with Crippen LogP contribution in [0.25, 0.3) is 0 Å². The Morgan fingerprint density at radius 1 is 1.39 bits per heavy atom. The van der Waals surface area contributed by atoms with Crippen molar-refractivity contribution in [1.29, 1.82) is 0 Å². The standard InChI is InChI=1S/C13H23N3O2/c1-9(2)8-18-6-5-14-11-7-12(17)16-13(15-11)10(3)4/h7,9-10H,5-6,8H2,1-4H3,(H2,14,15,16,17). The maximum Gasteiger partial charge on any atom is 0.252 e. The van der Waals surface area contributed by atoms with E-state index in [1.165, 1.54) is 6.07 Å². The van der Waals surface area contributed by atoms with Gasteiger partial charge in [0.25, 0.3) is 5.56 Å². The Labute approximate surface area is 108 Å². The Balaban J connectivity index is 2.45. The molecule has 5 nitrogen and oxygen atoms in total. The molecule has 0 aromatic carbocycles. The average molecular weight is 253 g/mol. The number of hydrogen-bond acceptors (Lipinski definition) is 4. The predicted molar refractivity (Wildman–Crippen MR) is 73.1 cm³/mol. The lowest BCUT2D eigenvalue weighted by atomic mass is 10.2. The zero-order chi connectivity index (χ0) is 13.5. The van der Waals surface area contributed by atoms with Gasteiger partial charge in [0.1, 0.15) is 11.6 Å². The van der Waals surface area contributed by atoms with Gasteiger partial charge in [-0.15, -0.1) is 0 Å². The molecule has 0 saturated carbocycles. The van der Waals surface area contributed by atoms with Gasteiger partial charge in [-0.25, -0.2) is 4.98 Å². The summed E-state index contributed by atoms with van der Waals surface area (Å²) in [6.07, 6.45) is 0. The Bertz CT molecular complexity index is 413. The molecule has 0 amide bonds. The van der Waals surface area contributed by atoms with Crippen molar-refractivity contribution in [3.63, 3.8) is 0 Å². The van der Waals surface area contributed by atoms with Crippen LogP contribution in [0.1, 0.15) is 39.4 Å². The fourth-order valence-electron chi connectivity index (χ4n) is 1.41. The van der Waals surface area contributed by atoms with Crippen LogP contribution in [0.3, 0.4) is 0 Å². The van der Waals surface area contributed by atoms with Crippen molar-refractivity contribution in [3.05, 3.63) is 22.2 Å². The fourth-order valence-corrected chi connectivity index (χ4v) is 1.41. The number of nitrogens with zero attached hydrogens (tertiary/aromatic N) is 1. The first-order valence-electron chi connectivity index (χ1n) is 6.42. The molecule has 0 aliphatic rings. The van der Waals surface area contributed by atoms with E-state index in [0.717, 1.165) is 6.61 Å². The third-order valence-corrected chi connectivity index (χ3v) is 2.31. The van der Waals surface area contributed by atoms with Crippen molar-refractivity contribution in [1.82, 2.24) is 9.97 Å². The molecule has 2 N–H and O–H groups in total. The monoisotopic (exact) mass is 253 g/mol. The van der Waals surface area contributed by atoms with Gasteiger partial charge in [0.2, 0.25) is 0 Å². The molecular weight excluding hydrogens is 230 g/mol. The van der Waals surface area contributed by atoms with Crippen LogP contribution >= 0.6 is 0 Å². The van der Waals surface area contributed by atoms with Crippen molar-refractivity contribution < 1.29 is 4.74 Å². The second kappa shape index (κ2) is 7.16. The van der Waals surface area contributed by atoms with Gasteiger partial charge in [0.15, 0.2) is 0 Å². The highest BCUT2D eigenvalue weighted by atomic mass is 16.5. The van der Waals surface area contributed by atoms with Gasteiger partial charge < -0.3 is 15.0 Å². The minimum absolute atomic E-state index is 0.126. The third kappa shape index (κ3) is 5.31. The zero-order valence-corrected chi connectivity index (χ0v) is 11.6. The van der Waals surface area contributed by atoms with E-state index in [2.05, 4.69) is 29.1 Å². The first-order chi connectivity index (χ1) is 8.49. The van der Waals surface area contributed by atoms with Gasteiger partial charge in [-0.1, -0.05) is 27.7 Å². The van der Waals surface area contributed by atoms with Crippen LogP contribution in [0.5, 0.6) is 0 Å². The van der Waals surface area contributed by atoms with E-state index < -0.39 is 0 Å². The van der Waals surface area contributed by atoms with Crippen LogP contribution in [-0.4, -0.2) is 29.7 Å². The molecule has 0 fully saturated rings. The molecular formula is C13H23N3O2. The number of hydrogen-bond donors (Lipinski definition) is 2. The number of anilines is 1. The van der Waals surface area contributed by atoms with Crippen LogP contribution in [-0.2, 0) is 4.74 Å². The first kappa shape index (κ1) is 14.7. The predicted octanol–water partition coefficient (Wildman–Crippen LogP) is 1.98. The maximum absolute atomic E-state index is 11.4. The molecule has 0 atom stereocenters. The molecule has 1 aromatic heterocycles. The van der Waals surface area contributed by atoms with Crippen molar-refractivity contribution >= 4 is 5.82 Å². The summed E-state index contributed by atoms with van der Waals surface area (Å²) in [5.74, 6) is 2.05. The highest BCUT2D eigenvalue weighted by Gasteiger charge is 2.04. The quantitative estimate of drug-likeness (QED) is 0.729. The SMILES string of the molecule is CC(C)COCCNc1cc(=O)[nH]c(C(C)C)n1.